The van der Waals surface area contributed by atoms with Crippen LogP contribution in [0.2, 0.25) is 0 Å². The van der Waals surface area contributed by atoms with Gasteiger partial charge >= 0.3 is 0 Å². The maximum Gasteiger partial charge on any atom is 0.140 e. The molecular weight excluding hydrogens is 208 g/mol. The molecule has 3 rings (SSSR count). The van der Waals surface area contributed by atoms with Crippen LogP contribution in [0.15, 0.2) is 30.5 Å². The minimum Gasteiger partial charge on any atom is -0.328 e. The summed E-state index contributed by atoms with van der Waals surface area (Å²) in [5, 5.41) is 0. The largest absolute Gasteiger partial charge is 0.328 e. The fraction of sp³-hybridized carbons (Fsp3) is 0.400. The van der Waals surface area contributed by atoms with E-state index in [1.54, 1.807) is 0 Å². The van der Waals surface area contributed by atoms with Crippen LogP contribution in [0.4, 0.5) is 0 Å². The standard InChI is InChI=1S/C15H18N2/c1-11-3-5-13(6-4-11)15-16-10-14-9-12(2)7-8-17(14)15/h3-6,10,12H,7-9H2,1-2H3. The van der Waals surface area contributed by atoms with Crippen molar-refractivity contribution < 1.29 is 0 Å². The van der Waals surface area contributed by atoms with Crippen LogP contribution in [0.1, 0.15) is 24.6 Å². The summed E-state index contributed by atoms with van der Waals surface area (Å²) < 4.78 is 2.38. The molecule has 0 aliphatic carbocycles. The van der Waals surface area contributed by atoms with Gasteiger partial charge in [0.25, 0.3) is 0 Å². The van der Waals surface area contributed by atoms with Crippen molar-refractivity contribution in [3.8, 4) is 11.4 Å². The molecule has 0 N–H and O–H groups in total. The third-order valence-corrected chi connectivity index (χ3v) is 3.65. The van der Waals surface area contributed by atoms with Crippen LogP contribution in [0, 0.1) is 12.8 Å². The van der Waals surface area contributed by atoms with Gasteiger partial charge in [0.05, 0.1) is 0 Å². The monoisotopic (exact) mass is 226 g/mol. The summed E-state index contributed by atoms with van der Waals surface area (Å²) in [4.78, 5) is 4.60. The van der Waals surface area contributed by atoms with Gasteiger partial charge in [-0.1, -0.05) is 36.8 Å². The van der Waals surface area contributed by atoms with Crippen molar-refractivity contribution in [3.63, 3.8) is 0 Å². The normalized spacial score (nSPS) is 19.1. The van der Waals surface area contributed by atoms with Crippen LogP contribution < -0.4 is 0 Å². The highest BCUT2D eigenvalue weighted by Gasteiger charge is 2.18. The van der Waals surface area contributed by atoms with Crippen molar-refractivity contribution >= 4 is 0 Å². The van der Waals surface area contributed by atoms with E-state index in [9.17, 15) is 0 Å². The Bertz CT molecular complexity index is 522. The van der Waals surface area contributed by atoms with Gasteiger partial charge in [0, 0.05) is 24.0 Å². The van der Waals surface area contributed by atoms with Crippen LogP contribution in [-0.4, -0.2) is 9.55 Å². The summed E-state index contributed by atoms with van der Waals surface area (Å²) in [7, 11) is 0. The molecule has 0 radical (unpaired) electrons. The quantitative estimate of drug-likeness (QED) is 0.728. The van der Waals surface area contributed by atoms with E-state index in [1.165, 1.54) is 29.7 Å². The average Bonchev–Trinajstić information content (AvgIpc) is 2.73. The highest BCUT2D eigenvalue weighted by Crippen LogP contribution is 2.26. The number of hydrogen-bond acceptors (Lipinski definition) is 1. The first-order chi connectivity index (χ1) is 8.24. The van der Waals surface area contributed by atoms with Gasteiger partial charge in [-0.2, -0.15) is 0 Å². The zero-order valence-electron chi connectivity index (χ0n) is 10.5. The van der Waals surface area contributed by atoms with Crippen LogP contribution in [0.25, 0.3) is 11.4 Å². The minimum absolute atomic E-state index is 0.796. The zero-order chi connectivity index (χ0) is 11.8. The maximum absolute atomic E-state index is 4.60. The Kier molecular flexibility index (Phi) is 2.50. The third kappa shape index (κ3) is 1.88. The summed E-state index contributed by atoms with van der Waals surface area (Å²) in [6.45, 7) is 5.55. The predicted octanol–water partition coefficient (Wildman–Crippen LogP) is 3.44. The van der Waals surface area contributed by atoms with Gasteiger partial charge in [-0.15, -0.1) is 0 Å². The molecule has 0 saturated heterocycles. The Morgan fingerprint density at radius 2 is 2.00 bits per heavy atom. The number of rotatable bonds is 1. The number of aryl methyl sites for hydroxylation is 1. The molecule has 2 aromatic rings. The Hall–Kier alpha value is -1.57. The number of fused-ring (bicyclic) bond motifs is 1. The van der Waals surface area contributed by atoms with Gasteiger partial charge in [0.15, 0.2) is 0 Å². The second-order valence-electron chi connectivity index (χ2n) is 5.19. The van der Waals surface area contributed by atoms with E-state index in [2.05, 4.69) is 47.7 Å². The van der Waals surface area contributed by atoms with E-state index >= 15 is 0 Å². The van der Waals surface area contributed by atoms with Crippen molar-refractivity contribution in [1.82, 2.24) is 9.55 Å². The van der Waals surface area contributed by atoms with Gasteiger partial charge in [0.1, 0.15) is 5.82 Å². The van der Waals surface area contributed by atoms with E-state index in [1.807, 2.05) is 6.20 Å². The first kappa shape index (κ1) is 10.6. The fourth-order valence-electron chi connectivity index (χ4n) is 2.57. The second kappa shape index (κ2) is 4.02. The summed E-state index contributed by atoms with van der Waals surface area (Å²) in [6.07, 6.45) is 4.48. The Morgan fingerprint density at radius 1 is 1.24 bits per heavy atom. The van der Waals surface area contributed by atoms with Crippen LogP contribution >= 0.6 is 0 Å². The summed E-state index contributed by atoms with van der Waals surface area (Å²) >= 11 is 0. The topological polar surface area (TPSA) is 17.8 Å². The number of imidazole rings is 1. The fourth-order valence-corrected chi connectivity index (χ4v) is 2.57. The Balaban J connectivity index is 2.02. The molecule has 1 unspecified atom stereocenters. The lowest BCUT2D eigenvalue weighted by molar-refractivity contribution is 0.419. The number of hydrogen-bond donors (Lipinski definition) is 0. The van der Waals surface area contributed by atoms with Crippen LogP contribution in [0.3, 0.4) is 0 Å². The molecule has 1 atom stereocenters. The van der Waals surface area contributed by atoms with Crippen molar-refractivity contribution in [3.05, 3.63) is 41.7 Å². The minimum atomic E-state index is 0.796. The lowest BCUT2D eigenvalue weighted by Gasteiger charge is -2.21. The van der Waals surface area contributed by atoms with E-state index < -0.39 is 0 Å². The zero-order valence-corrected chi connectivity index (χ0v) is 10.5. The van der Waals surface area contributed by atoms with Crippen molar-refractivity contribution in [2.45, 2.75) is 33.2 Å². The molecule has 0 fully saturated rings. The van der Waals surface area contributed by atoms with Gasteiger partial charge in [0.2, 0.25) is 0 Å². The second-order valence-corrected chi connectivity index (χ2v) is 5.19. The number of aromatic nitrogens is 2. The maximum atomic E-state index is 4.60. The first-order valence-corrected chi connectivity index (χ1v) is 6.35. The predicted molar refractivity (Wildman–Crippen MR) is 69.9 cm³/mol. The first-order valence-electron chi connectivity index (χ1n) is 6.35. The number of nitrogens with zero attached hydrogens (tertiary/aromatic N) is 2. The average molecular weight is 226 g/mol. The summed E-state index contributed by atoms with van der Waals surface area (Å²) in [5.41, 5.74) is 3.92. The summed E-state index contributed by atoms with van der Waals surface area (Å²) in [5.74, 6) is 1.93. The lowest BCUT2D eigenvalue weighted by Crippen LogP contribution is -2.17. The van der Waals surface area contributed by atoms with Gasteiger partial charge in [-0.3, -0.25) is 0 Å². The molecule has 17 heavy (non-hydrogen) atoms. The van der Waals surface area contributed by atoms with Gasteiger partial charge < -0.3 is 4.57 Å². The molecule has 2 heteroatoms. The van der Waals surface area contributed by atoms with E-state index in [0.717, 1.165) is 18.3 Å². The molecule has 0 saturated carbocycles. The van der Waals surface area contributed by atoms with Gasteiger partial charge in [-0.05, 0) is 25.7 Å². The van der Waals surface area contributed by atoms with Gasteiger partial charge in [-0.25, -0.2) is 4.98 Å². The van der Waals surface area contributed by atoms with E-state index in [-0.39, 0.29) is 0 Å². The molecular formula is C15H18N2. The molecule has 2 nitrogen and oxygen atoms in total. The lowest BCUT2D eigenvalue weighted by atomic mass is 9.98. The molecule has 0 bridgehead atoms. The smallest absolute Gasteiger partial charge is 0.140 e. The van der Waals surface area contributed by atoms with E-state index in [4.69, 9.17) is 0 Å². The molecule has 1 aromatic heterocycles. The molecule has 88 valence electrons. The molecule has 0 amide bonds. The Labute approximate surface area is 102 Å². The van der Waals surface area contributed by atoms with Crippen LogP contribution in [0.5, 0.6) is 0 Å². The SMILES string of the molecule is Cc1ccc(-c2ncc3n2CCC(C)C3)cc1. The number of benzene rings is 1. The van der Waals surface area contributed by atoms with Crippen molar-refractivity contribution in [2.24, 2.45) is 5.92 Å². The van der Waals surface area contributed by atoms with Crippen LogP contribution in [-0.2, 0) is 13.0 Å². The molecule has 1 aliphatic heterocycles. The Morgan fingerprint density at radius 3 is 2.76 bits per heavy atom. The molecule has 0 spiro atoms. The highest BCUT2D eigenvalue weighted by molar-refractivity contribution is 5.56. The van der Waals surface area contributed by atoms with Crippen molar-refractivity contribution in [2.75, 3.05) is 0 Å². The third-order valence-electron chi connectivity index (χ3n) is 3.65. The summed E-state index contributed by atoms with van der Waals surface area (Å²) in [6, 6.07) is 8.65. The highest BCUT2D eigenvalue weighted by atomic mass is 15.1. The van der Waals surface area contributed by atoms with Crippen molar-refractivity contribution in [1.29, 1.82) is 0 Å². The van der Waals surface area contributed by atoms with E-state index in [0.29, 0.717) is 0 Å². The molecule has 1 aromatic carbocycles. The molecule has 1 aliphatic rings. The molecule has 2 heterocycles.